The van der Waals surface area contributed by atoms with Gasteiger partial charge >= 0.3 is 0 Å². The predicted octanol–water partition coefficient (Wildman–Crippen LogP) is 3.42. The number of nitro groups is 1. The molecule has 1 amide bonds. The number of anilines is 1. The van der Waals surface area contributed by atoms with E-state index < -0.39 is 4.92 Å². The van der Waals surface area contributed by atoms with Gasteiger partial charge in [-0.2, -0.15) is 0 Å². The van der Waals surface area contributed by atoms with Gasteiger partial charge in [-0.05, 0) is 36.4 Å². The summed E-state index contributed by atoms with van der Waals surface area (Å²) in [5.74, 6) is 1.23. The maximum absolute atomic E-state index is 12.4. The zero-order valence-electron chi connectivity index (χ0n) is 13.8. The van der Waals surface area contributed by atoms with E-state index in [1.807, 2.05) is 17.0 Å². The third-order valence-corrected chi connectivity index (χ3v) is 3.65. The Balaban J connectivity index is 1.63. The second-order valence-electron chi connectivity index (χ2n) is 5.66. The first-order chi connectivity index (χ1) is 12.6. The van der Waals surface area contributed by atoms with Crippen LogP contribution in [0, 0.1) is 10.1 Å². The molecule has 134 valence electrons. The average molecular weight is 355 g/mol. The van der Waals surface area contributed by atoms with E-state index in [0.717, 1.165) is 11.5 Å². The van der Waals surface area contributed by atoms with Gasteiger partial charge in [-0.15, -0.1) is 0 Å². The first kappa shape index (κ1) is 17.4. The number of hydrogen-bond donors (Lipinski definition) is 1. The summed E-state index contributed by atoms with van der Waals surface area (Å²) < 4.78 is 10.7. The molecular formula is C18H17N3O5. The topological polar surface area (TPSA) is 102 Å². The zero-order chi connectivity index (χ0) is 18.4. The number of rotatable bonds is 8. The molecule has 1 N–H and O–H groups in total. The minimum Gasteiger partial charge on any atom is -0.468 e. The third kappa shape index (κ3) is 4.81. The Morgan fingerprint density at radius 1 is 1.00 bits per heavy atom. The lowest BCUT2D eigenvalue weighted by atomic mass is 10.3. The number of benzene rings is 1. The molecule has 0 aliphatic carbocycles. The number of carbonyl (C=O) groups excluding carboxylic acids is 1. The van der Waals surface area contributed by atoms with Crippen LogP contribution in [0.25, 0.3) is 0 Å². The average Bonchev–Trinajstić information content (AvgIpc) is 3.29. The van der Waals surface area contributed by atoms with E-state index in [2.05, 4.69) is 5.32 Å². The monoisotopic (exact) mass is 355 g/mol. The molecule has 3 aromatic rings. The molecule has 0 aliphatic rings. The number of nitrogens with zero attached hydrogens (tertiary/aromatic N) is 2. The highest BCUT2D eigenvalue weighted by molar-refractivity contribution is 5.92. The standard InChI is InChI=1S/C18H17N3O5/c22-18(19-14-5-7-15(8-6-14)21(23)24)13-20(11-16-3-1-9-25-16)12-17-4-2-10-26-17/h1-10H,11-13H2,(H,19,22). The van der Waals surface area contributed by atoms with Crippen molar-refractivity contribution in [3.8, 4) is 0 Å². The molecule has 0 unspecified atom stereocenters. The maximum Gasteiger partial charge on any atom is 0.269 e. The van der Waals surface area contributed by atoms with Crippen molar-refractivity contribution in [3.05, 3.63) is 82.7 Å². The summed E-state index contributed by atoms with van der Waals surface area (Å²) in [5.41, 5.74) is 0.469. The minimum absolute atomic E-state index is 0.0275. The Kier molecular flexibility index (Phi) is 5.45. The van der Waals surface area contributed by atoms with Crippen LogP contribution in [0.3, 0.4) is 0 Å². The first-order valence-corrected chi connectivity index (χ1v) is 7.91. The van der Waals surface area contributed by atoms with Crippen molar-refractivity contribution >= 4 is 17.3 Å². The molecule has 0 saturated heterocycles. The largest absolute Gasteiger partial charge is 0.468 e. The Morgan fingerprint density at radius 3 is 2.04 bits per heavy atom. The predicted molar refractivity (Wildman–Crippen MR) is 93.3 cm³/mol. The summed E-state index contributed by atoms with van der Waals surface area (Å²) >= 11 is 0. The molecule has 26 heavy (non-hydrogen) atoms. The zero-order valence-corrected chi connectivity index (χ0v) is 13.8. The van der Waals surface area contributed by atoms with Crippen molar-refractivity contribution < 1.29 is 18.6 Å². The summed E-state index contributed by atoms with van der Waals surface area (Å²) in [6.07, 6.45) is 3.16. The maximum atomic E-state index is 12.4. The van der Waals surface area contributed by atoms with Gasteiger partial charge in [-0.3, -0.25) is 19.8 Å². The molecule has 3 rings (SSSR count). The smallest absolute Gasteiger partial charge is 0.269 e. The van der Waals surface area contributed by atoms with Crippen LogP contribution in [0.4, 0.5) is 11.4 Å². The van der Waals surface area contributed by atoms with Gasteiger partial charge in [-0.25, -0.2) is 0 Å². The normalized spacial score (nSPS) is 10.8. The van der Waals surface area contributed by atoms with E-state index in [9.17, 15) is 14.9 Å². The van der Waals surface area contributed by atoms with Crippen molar-refractivity contribution in [1.82, 2.24) is 4.90 Å². The van der Waals surface area contributed by atoms with Gasteiger partial charge in [0.05, 0.1) is 37.1 Å². The van der Waals surface area contributed by atoms with Gasteiger partial charge in [0.15, 0.2) is 0 Å². The lowest BCUT2D eigenvalue weighted by molar-refractivity contribution is -0.384. The number of furan rings is 2. The SMILES string of the molecule is O=C(CN(Cc1ccco1)Cc1ccco1)Nc1ccc([N+](=O)[O-])cc1. The molecule has 2 heterocycles. The fourth-order valence-electron chi connectivity index (χ4n) is 2.48. The van der Waals surface area contributed by atoms with Crippen LogP contribution in [-0.2, 0) is 17.9 Å². The van der Waals surface area contributed by atoms with Crippen molar-refractivity contribution in [2.75, 3.05) is 11.9 Å². The molecule has 0 bridgehead atoms. The summed E-state index contributed by atoms with van der Waals surface area (Å²) in [7, 11) is 0. The molecule has 0 fully saturated rings. The summed E-state index contributed by atoms with van der Waals surface area (Å²) in [6.45, 7) is 1.00. The van der Waals surface area contributed by atoms with E-state index in [0.29, 0.717) is 18.8 Å². The quantitative estimate of drug-likeness (QED) is 0.491. The van der Waals surface area contributed by atoms with E-state index in [-0.39, 0.29) is 18.1 Å². The van der Waals surface area contributed by atoms with Crippen LogP contribution in [0.15, 0.2) is 69.9 Å². The molecule has 1 aromatic carbocycles. The number of carbonyl (C=O) groups is 1. The van der Waals surface area contributed by atoms with Crippen molar-refractivity contribution in [2.45, 2.75) is 13.1 Å². The summed E-state index contributed by atoms with van der Waals surface area (Å²) in [5, 5.41) is 13.4. The molecule has 8 heteroatoms. The van der Waals surface area contributed by atoms with Gasteiger partial charge in [0, 0.05) is 17.8 Å². The van der Waals surface area contributed by atoms with Crippen LogP contribution in [-0.4, -0.2) is 22.3 Å². The van der Waals surface area contributed by atoms with E-state index >= 15 is 0 Å². The molecule has 8 nitrogen and oxygen atoms in total. The molecule has 0 radical (unpaired) electrons. The summed E-state index contributed by atoms with van der Waals surface area (Å²) in [4.78, 5) is 24.4. The molecule has 2 aromatic heterocycles. The lowest BCUT2D eigenvalue weighted by Gasteiger charge is -2.19. The highest BCUT2D eigenvalue weighted by Crippen LogP contribution is 2.16. The third-order valence-electron chi connectivity index (χ3n) is 3.65. The second kappa shape index (κ2) is 8.13. The molecule has 0 aliphatic heterocycles. The van der Waals surface area contributed by atoms with Crippen LogP contribution < -0.4 is 5.32 Å². The van der Waals surface area contributed by atoms with Crippen molar-refractivity contribution in [1.29, 1.82) is 0 Å². The number of non-ortho nitro benzene ring substituents is 1. The molecular weight excluding hydrogens is 338 g/mol. The number of amides is 1. The summed E-state index contributed by atoms with van der Waals surface area (Å²) in [6, 6.07) is 12.9. The van der Waals surface area contributed by atoms with E-state index in [1.54, 1.807) is 24.7 Å². The fourth-order valence-corrected chi connectivity index (χ4v) is 2.48. The number of nitrogens with one attached hydrogen (secondary N) is 1. The van der Waals surface area contributed by atoms with Gasteiger partial charge in [0.1, 0.15) is 11.5 Å². The Labute approximate surface area is 149 Å². The van der Waals surface area contributed by atoms with Crippen LogP contribution >= 0.6 is 0 Å². The molecule has 0 atom stereocenters. The minimum atomic E-state index is -0.486. The van der Waals surface area contributed by atoms with Crippen molar-refractivity contribution in [3.63, 3.8) is 0 Å². The highest BCUT2D eigenvalue weighted by atomic mass is 16.6. The highest BCUT2D eigenvalue weighted by Gasteiger charge is 2.15. The number of hydrogen-bond acceptors (Lipinski definition) is 6. The second-order valence-corrected chi connectivity index (χ2v) is 5.66. The molecule has 0 spiro atoms. The van der Waals surface area contributed by atoms with Crippen molar-refractivity contribution in [2.24, 2.45) is 0 Å². The molecule has 0 saturated carbocycles. The van der Waals surface area contributed by atoms with Crippen LogP contribution in [0.5, 0.6) is 0 Å². The Morgan fingerprint density at radius 2 is 1.58 bits per heavy atom. The first-order valence-electron chi connectivity index (χ1n) is 7.91. The lowest BCUT2D eigenvalue weighted by Crippen LogP contribution is -2.32. The number of nitro benzene ring substituents is 1. The van der Waals surface area contributed by atoms with E-state index in [4.69, 9.17) is 8.83 Å². The Hall–Kier alpha value is -3.39. The van der Waals surface area contributed by atoms with Crippen LogP contribution in [0.2, 0.25) is 0 Å². The van der Waals surface area contributed by atoms with Gasteiger partial charge < -0.3 is 14.2 Å². The van der Waals surface area contributed by atoms with Crippen LogP contribution in [0.1, 0.15) is 11.5 Å². The van der Waals surface area contributed by atoms with E-state index in [1.165, 1.54) is 24.3 Å². The van der Waals surface area contributed by atoms with Gasteiger partial charge in [0.25, 0.3) is 5.69 Å². The van der Waals surface area contributed by atoms with Gasteiger partial charge in [-0.1, -0.05) is 0 Å². The van der Waals surface area contributed by atoms with Gasteiger partial charge in [0.2, 0.25) is 5.91 Å². The fraction of sp³-hybridized carbons (Fsp3) is 0.167. The Bertz CT molecular complexity index is 805.